The zero-order valence-electron chi connectivity index (χ0n) is 7.78. The molecular formula is C8H8F6N2. The molecule has 0 heterocycles. The number of nitrogens with two attached hydrogens (primary N) is 2. The van der Waals surface area contributed by atoms with Crippen LogP contribution < -0.4 is 11.5 Å². The average molecular weight is 246 g/mol. The standard InChI is InChI=1S/C8H8F6N2/c9-7(10,11)5-2-1-4(15)3-6(5,16)8(12,13)14/h1-2H,3,15-16H2. The molecule has 0 aliphatic heterocycles. The second kappa shape index (κ2) is 3.41. The zero-order chi connectivity index (χ0) is 12.8. The second-order valence-electron chi connectivity index (χ2n) is 3.47. The average Bonchev–Trinajstić information content (AvgIpc) is 1.98. The van der Waals surface area contributed by atoms with Gasteiger partial charge in [0, 0.05) is 12.1 Å². The van der Waals surface area contributed by atoms with Crippen LogP contribution >= 0.6 is 0 Å². The Morgan fingerprint density at radius 1 is 1.06 bits per heavy atom. The Hall–Kier alpha value is -1.18. The Bertz CT molecular complexity index is 351. The van der Waals surface area contributed by atoms with Gasteiger partial charge in [-0.15, -0.1) is 0 Å². The fraction of sp³-hybridized carbons (Fsp3) is 0.500. The lowest BCUT2D eigenvalue weighted by molar-refractivity contribution is -0.196. The molecular weight excluding hydrogens is 238 g/mol. The quantitative estimate of drug-likeness (QED) is 0.642. The molecule has 0 radical (unpaired) electrons. The van der Waals surface area contributed by atoms with Crippen LogP contribution in [-0.4, -0.2) is 17.9 Å². The molecule has 1 rings (SSSR count). The van der Waals surface area contributed by atoms with Gasteiger partial charge in [0.2, 0.25) is 0 Å². The number of allylic oxidation sites excluding steroid dienone is 2. The molecule has 16 heavy (non-hydrogen) atoms. The summed E-state index contributed by atoms with van der Waals surface area (Å²) in [6.45, 7) is 0. The van der Waals surface area contributed by atoms with Crippen molar-refractivity contribution in [3.63, 3.8) is 0 Å². The van der Waals surface area contributed by atoms with Gasteiger partial charge in [-0.2, -0.15) is 26.3 Å². The Balaban J connectivity index is 3.30. The van der Waals surface area contributed by atoms with Crippen LogP contribution in [0.25, 0.3) is 0 Å². The Morgan fingerprint density at radius 3 is 1.94 bits per heavy atom. The molecule has 0 saturated heterocycles. The molecule has 1 unspecified atom stereocenters. The first-order chi connectivity index (χ1) is 6.98. The highest BCUT2D eigenvalue weighted by atomic mass is 19.4. The van der Waals surface area contributed by atoms with Gasteiger partial charge in [-0.3, -0.25) is 0 Å². The van der Waals surface area contributed by atoms with E-state index in [-0.39, 0.29) is 11.8 Å². The molecule has 8 heteroatoms. The SMILES string of the molecule is NC1=CC=C(C(F)(F)F)C(N)(C(F)(F)F)C1. The summed E-state index contributed by atoms with van der Waals surface area (Å²) < 4.78 is 74.7. The fourth-order valence-electron chi connectivity index (χ4n) is 1.42. The van der Waals surface area contributed by atoms with Gasteiger partial charge >= 0.3 is 12.4 Å². The van der Waals surface area contributed by atoms with E-state index in [4.69, 9.17) is 11.5 Å². The highest BCUT2D eigenvalue weighted by Gasteiger charge is 2.61. The van der Waals surface area contributed by atoms with Crippen LogP contribution in [0, 0.1) is 0 Å². The van der Waals surface area contributed by atoms with Crippen LogP contribution in [0.2, 0.25) is 0 Å². The van der Waals surface area contributed by atoms with Gasteiger partial charge in [0.15, 0.2) is 0 Å². The first kappa shape index (κ1) is 12.9. The fourth-order valence-corrected chi connectivity index (χ4v) is 1.42. The maximum absolute atomic E-state index is 12.5. The zero-order valence-corrected chi connectivity index (χ0v) is 7.78. The van der Waals surface area contributed by atoms with Gasteiger partial charge in [-0.1, -0.05) is 6.08 Å². The van der Waals surface area contributed by atoms with E-state index in [1.54, 1.807) is 0 Å². The summed E-state index contributed by atoms with van der Waals surface area (Å²) in [5, 5.41) is 0. The highest BCUT2D eigenvalue weighted by molar-refractivity contribution is 5.38. The molecule has 92 valence electrons. The van der Waals surface area contributed by atoms with Crippen molar-refractivity contribution in [2.24, 2.45) is 11.5 Å². The molecule has 2 nitrogen and oxygen atoms in total. The molecule has 0 spiro atoms. The molecule has 0 bridgehead atoms. The minimum Gasteiger partial charge on any atom is -0.402 e. The number of rotatable bonds is 0. The van der Waals surface area contributed by atoms with Crippen molar-refractivity contribution in [3.8, 4) is 0 Å². The van der Waals surface area contributed by atoms with E-state index >= 15 is 0 Å². The Morgan fingerprint density at radius 2 is 1.56 bits per heavy atom. The summed E-state index contributed by atoms with van der Waals surface area (Å²) in [6.07, 6.45) is -10.4. The van der Waals surface area contributed by atoms with Gasteiger partial charge in [-0.25, -0.2) is 0 Å². The number of alkyl halides is 6. The molecule has 0 amide bonds. The highest BCUT2D eigenvalue weighted by Crippen LogP contribution is 2.46. The van der Waals surface area contributed by atoms with Crippen LogP contribution in [0.5, 0.6) is 0 Å². The molecule has 0 aromatic rings. The predicted molar refractivity (Wildman–Crippen MR) is 44.0 cm³/mol. The first-order valence-corrected chi connectivity index (χ1v) is 4.08. The van der Waals surface area contributed by atoms with E-state index in [0.717, 1.165) is 6.08 Å². The first-order valence-electron chi connectivity index (χ1n) is 4.08. The third kappa shape index (κ3) is 2.01. The van der Waals surface area contributed by atoms with Crippen molar-refractivity contribution in [2.75, 3.05) is 0 Å². The van der Waals surface area contributed by atoms with Crippen LogP contribution in [-0.2, 0) is 0 Å². The van der Waals surface area contributed by atoms with Gasteiger partial charge in [0.05, 0.1) is 5.57 Å². The molecule has 1 aliphatic rings. The molecule has 0 fully saturated rings. The summed E-state index contributed by atoms with van der Waals surface area (Å²) >= 11 is 0. The normalized spacial score (nSPS) is 27.4. The van der Waals surface area contributed by atoms with E-state index < -0.39 is 29.9 Å². The third-order valence-corrected chi connectivity index (χ3v) is 2.24. The summed E-state index contributed by atoms with van der Waals surface area (Å²) in [7, 11) is 0. The van der Waals surface area contributed by atoms with Crippen LogP contribution in [0.3, 0.4) is 0 Å². The minimum absolute atomic E-state index is 0.270. The largest absolute Gasteiger partial charge is 0.414 e. The van der Waals surface area contributed by atoms with Crippen molar-refractivity contribution in [1.82, 2.24) is 0 Å². The summed E-state index contributed by atoms with van der Waals surface area (Å²) in [5.74, 6) is 0. The summed E-state index contributed by atoms with van der Waals surface area (Å²) in [6, 6.07) is 0. The van der Waals surface area contributed by atoms with Crippen molar-refractivity contribution >= 4 is 0 Å². The van der Waals surface area contributed by atoms with Gasteiger partial charge in [-0.05, 0) is 6.08 Å². The van der Waals surface area contributed by atoms with E-state index in [2.05, 4.69) is 0 Å². The van der Waals surface area contributed by atoms with Crippen molar-refractivity contribution in [3.05, 3.63) is 23.4 Å². The molecule has 1 atom stereocenters. The Labute approximate surface area is 86.6 Å². The lowest BCUT2D eigenvalue weighted by Gasteiger charge is -2.36. The topological polar surface area (TPSA) is 52.0 Å². The molecule has 0 aromatic heterocycles. The predicted octanol–water partition coefficient (Wildman–Crippen LogP) is 1.98. The lowest BCUT2D eigenvalue weighted by Crippen LogP contribution is -2.59. The lowest BCUT2D eigenvalue weighted by atomic mass is 9.81. The molecule has 0 saturated carbocycles. The number of halogens is 6. The van der Waals surface area contributed by atoms with Gasteiger partial charge in [0.1, 0.15) is 5.54 Å². The molecule has 0 aromatic carbocycles. The van der Waals surface area contributed by atoms with Crippen molar-refractivity contribution in [2.45, 2.75) is 24.3 Å². The number of hydrogen-bond donors (Lipinski definition) is 2. The van der Waals surface area contributed by atoms with Crippen molar-refractivity contribution in [1.29, 1.82) is 0 Å². The Kier molecular flexibility index (Phi) is 2.74. The molecule has 1 aliphatic carbocycles. The summed E-state index contributed by atoms with van der Waals surface area (Å²) in [5.41, 5.74) is 4.26. The van der Waals surface area contributed by atoms with Crippen molar-refractivity contribution < 1.29 is 26.3 Å². The van der Waals surface area contributed by atoms with E-state index in [9.17, 15) is 26.3 Å². The minimum atomic E-state index is -5.22. The second-order valence-corrected chi connectivity index (χ2v) is 3.47. The van der Waals surface area contributed by atoms with E-state index in [1.807, 2.05) is 0 Å². The van der Waals surface area contributed by atoms with E-state index in [0.29, 0.717) is 0 Å². The summed E-state index contributed by atoms with van der Waals surface area (Å²) in [4.78, 5) is 0. The van der Waals surface area contributed by atoms with Gasteiger partial charge in [0.25, 0.3) is 0 Å². The maximum atomic E-state index is 12.5. The maximum Gasteiger partial charge on any atom is 0.414 e. The van der Waals surface area contributed by atoms with Crippen LogP contribution in [0.1, 0.15) is 6.42 Å². The monoisotopic (exact) mass is 246 g/mol. The third-order valence-electron chi connectivity index (χ3n) is 2.24. The smallest absolute Gasteiger partial charge is 0.402 e. The van der Waals surface area contributed by atoms with Crippen LogP contribution in [0.15, 0.2) is 23.4 Å². The molecule has 4 N–H and O–H groups in total. The van der Waals surface area contributed by atoms with Crippen LogP contribution in [0.4, 0.5) is 26.3 Å². The number of hydrogen-bond acceptors (Lipinski definition) is 2. The van der Waals surface area contributed by atoms with Gasteiger partial charge < -0.3 is 11.5 Å². The van der Waals surface area contributed by atoms with E-state index in [1.165, 1.54) is 0 Å².